The molecule has 4 heteroatoms. The summed E-state index contributed by atoms with van der Waals surface area (Å²) >= 11 is 0. The van der Waals surface area contributed by atoms with Crippen molar-refractivity contribution in [3.63, 3.8) is 0 Å². The summed E-state index contributed by atoms with van der Waals surface area (Å²) in [6.45, 7) is 2.48. The van der Waals surface area contributed by atoms with Crippen LogP contribution >= 0.6 is 0 Å². The largest absolute Gasteiger partial charge is 0.352 e. The number of anilines is 1. The van der Waals surface area contributed by atoms with Gasteiger partial charge >= 0.3 is 0 Å². The summed E-state index contributed by atoms with van der Waals surface area (Å²) in [4.78, 5) is 23.8. The molecule has 0 bridgehead atoms. The fourth-order valence-electron chi connectivity index (χ4n) is 3.04. The maximum absolute atomic E-state index is 12.1. The zero-order valence-electron chi connectivity index (χ0n) is 13.4. The Labute approximate surface area is 132 Å². The molecule has 2 N–H and O–H groups in total. The van der Waals surface area contributed by atoms with Crippen LogP contribution in [0.2, 0.25) is 0 Å². The van der Waals surface area contributed by atoms with Crippen LogP contribution in [0.3, 0.4) is 0 Å². The molecule has 0 unspecified atom stereocenters. The summed E-state index contributed by atoms with van der Waals surface area (Å²) in [5.74, 6) is 0.639. The van der Waals surface area contributed by atoms with Crippen molar-refractivity contribution >= 4 is 17.5 Å². The maximum atomic E-state index is 12.1. The normalized spacial score (nSPS) is 15.3. The highest BCUT2D eigenvalue weighted by atomic mass is 16.2. The molecule has 1 aliphatic carbocycles. The molecule has 0 aromatic heterocycles. The molecule has 1 aromatic carbocycles. The van der Waals surface area contributed by atoms with Gasteiger partial charge in [-0.15, -0.1) is 0 Å². The second-order valence-electron chi connectivity index (χ2n) is 6.03. The molecule has 1 aromatic rings. The first kappa shape index (κ1) is 16.5. The Hall–Kier alpha value is -1.84. The zero-order chi connectivity index (χ0) is 15.8. The van der Waals surface area contributed by atoms with Crippen LogP contribution in [-0.4, -0.2) is 18.4 Å². The number of carbonyl (C=O) groups is 2. The van der Waals surface area contributed by atoms with E-state index in [1.165, 1.54) is 32.1 Å². The van der Waals surface area contributed by atoms with Gasteiger partial charge in [0.25, 0.3) is 5.91 Å². The van der Waals surface area contributed by atoms with Crippen molar-refractivity contribution in [2.45, 2.75) is 51.9 Å². The second kappa shape index (κ2) is 8.57. The first-order chi connectivity index (χ1) is 10.7. The minimum Gasteiger partial charge on any atom is -0.352 e. The van der Waals surface area contributed by atoms with Crippen molar-refractivity contribution in [2.24, 2.45) is 5.92 Å². The Morgan fingerprint density at radius 2 is 1.95 bits per heavy atom. The quantitative estimate of drug-likeness (QED) is 0.841. The van der Waals surface area contributed by atoms with E-state index in [1.54, 1.807) is 18.2 Å². The van der Waals surface area contributed by atoms with Gasteiger partial charge in [0.05, 0.1) is 0 Å². The molecular formula is C18H26N2O2. The lowest BCUT2D eigenvalue weighted by atomic mass is 9.86. The Morgan fingerprint density at radius 1 is 1.18 bits per heavy atom. The van der Waals surface area contributed by atoms with E-state index in [2.05, 4.69) is 10.6 Å². The maximum Gasteiger partial charge on any atom is 0.251 e. The SMILES string of the molecule is CCNC(=O)c1cccc(NC(=O)CCC2CCCCC2)c1. The van der Waals surface area contributed by atoms with Crippen LogP contribution in [0.25, 0.3) is 0 Å². The monoisotopic (exact) mass is 302 g/mol. The number of hydrogen-bond donors (Lipinski definition) is 2. The smallest absolute Gasteiger partial charge is 0.251 e. The number of carbonyl (C=O) groups excluding carboxylic acids is 2. The van der Waals surface area contributed by atoms with Gasteiger partial charge in [0.2, 0.25) is 5.91 Å². The van der Waals surface area contributed by atoms with E-state index in [4.69, 9.17) is 0 Å². The second-order valence-corrected chi connectivity index (χ2v) is 6.03. The minimum absolute atomic E-state index is 0.0404. The van der Waals surface area contributed by atoms with Crippen LogP contribution in [0.15, 0.2) is 24.3 Å². The van der Waals surface area contributed by atoms with E-state index < -0.39 is 0 Å². The van der Waals surface area contributed by atoms with Crippen molar-refractivity contribution in [3.8, 4) is 0 Å². The van der Waals surface area contributed by atoms with Crippen molar-refractivity contribution in [1.82, 2.24) is 5.32 Å². The molecular weight excluding hydrogens is 276 g/mol. The number of nitrogens with one attached hydrogen (secondary N) is 2. The van der Waals surface area contributed by atoms with Gasteiger partial charge in [0.1, 0.15) is 0 Å². The van der Waals surface area contributed by atoms with Crippen molar-refractivity contribution in [3.05, 3.63) is 29.8 Å². The van der Waals surface area contributed by atoms with Crippen LogP contribution < -0.4 is 10.6 Å². The van der Waals surface area contributed by atoms with Crippen LogP contribution in [-0.2, 0) is 4.79 Å². The van der Waals surface area contributed by atoms with Gasteiger partial charge in [-0.25, -0.2) is 0 Å². The standard InChI is InChI=1S/C18H26N2O2/c1-2-19-18(22)15-9-6-10-16(13-15)20-17(21)12-11-14-7-4-3-5-8-14/h6,9-10,13-14H,2-5,7-8,11-12H2,1H3,(H,19,22)(H,20,21). The minimum atomic E-state index is -0.110. The molecule has 0 aliphatic heterocycles. The van der Waals surface area contributed by atoms with E-state index >= 15 is 0 Å². The highest BCUT2D eigenvalue weighted by Crippen LogP contribution is 2.27. The molecule has 0 radical (unpaired) electrons. The van der Waals surface area contributed by atoms with Gasteiger partial charge in [-0.2, -0.15) is 0 Å². The molecule has 120 valence electrons. The Morgan fingerprint density at radius 3 is 2.68 bits per heavy atom. The van der Waals surface area contributed by atoms with Crippen LogP contribution in [0, 0.1) is 5.92 Å². The topological polar surface area (TPSA) is 58.2 Å². The predicted molar refractivity (Wildman–Crippen MR) is 88.9 cm³/mol. The van der Waals surface area contributed by atoms with Crippen molar-refractivity contribution in [1.29, 1.82) is 0 Å². The first-order valence-corrected chi connectivity index (χ1v) is 8.37. The van der Waals surface area contributed by atoms with E-state index in [1.807, 2.05) is 13.0 Å². The third-order valence-electron chi connectivity index (χ3n) is 4.25. The van der Waals surface area contributed by atoms with Gasteiger partial charge in [-0.3, -0.25) is 9.59 Å². The summed E-state index contributed by atoms with van der Waals surface area (Å²) in [5.41, 5.74) is 1.27. The average Bonchev–Trinajstić information content (AvgIpc) is 2.54. The summed E-state index contributed by atoms with van der Waals surface area (Å²) in [6, 6.07) is 7.09. The molecule has 1 fully saturated rings. The average molecular weight is 302 g/mol. The van der Waals surface area contributed by atoms with E-state index in [0.717, 1.165) is 6.42 Å². The lowest BCUT2D eigenvalue weighted by Gasteiger charge is -2.21. The Balaban J connectivity index is 1.83. The number of hydrogen-bond acceptors (Lipinski definition) is 2. The van der Waals surface area contributed by atoms with Gasteiger partial charge in [-0.05, 0) is 37.5 Å². The van der Waals surface area contributed by atoms with Crippen molar-refractivity contribution in [2.75, 3.05) is 11.9 Å². The fraction of sp³-hybridized carbons (Fsp3) is 0.556. The van der Waals surface area contributed by atoms with E-state index in [-0.39, 0.29) is 11.8 Å². The molecule has 1 aliphatic rings. The molecule has 22 heavy (non-hydrogen) atoms. The molecule has 1 saturated carbocycles. The number of rotatable bonds is 6. The van der Waals surface area contributed by atoms with Crippen LogP contribution in [0.4, 0.5) is 5.69 Å². The molecule has 0 spiro atoms. The van der Waals surface area contributed by atoms with Crippen LogP contribution in [0.5, 0.6) is 0 Å². The summed E-state index contributed by atoms with van der Waals surface area (Å²) < 4.78 is 0. The molecule has 2 amide bonds. The molecule has 4 nitrogen and oxygen atoms in total. The highest BCUT2D eigenvalue weighted by molar-refractivity contribution is 5.97. The molecule has 0 atom stereocenters. The lowest BCUT2D eigenvalue weighted by Crippen LogP contribution is -2.22. The summed E-state index contributed by atoms with van der Waals surface area (Å²) in [7, 11) is 0. The predicted octanol–water partition coefficient (Wildman–Crippen LogP) is 3.74. The molecule has 0 heterocycles. The van der Waals surface area contributed by atoms with Crippen molar-refractivity contribution < 1.29 is 9.59 Å². The molecule has 0 saturated heterocycles. The first-order valence-electron chi connectivity index (χ1n) is 8.37. The Bertz CT molecular complexity index is 508. The Kier molecular flexibility index (Phi) is 6.44. The lowest BCUT2D eigenvalue weighted by molar-refractivity contribution is -0.116. The third kappa shape index (κ3) is 5.17. The summed E-state index contributed by atoms with van der Waals surface area (Å²) in [5, 5.41) is 5.66. The van der Waals surface area contributed by atoms with Gasteiger partial charge in [0.15, 0.2) is 0 Å². The van der Waals surface area contributed by atoms with E-state index in [0.29, 0.717) is 30.1 Å². The third-order valence-corrected chi connectivity index (χ3v) is 4.25. The summed E-state index contributed by atoms with van der Waals surface area (Å²) in [6.07, 6.45) is 8.02. The van der Waals surface area contributed by atoms with Gasteiger partial charge < -0.3 is 10.6 Å². The fourth-order valence-corrected chi connectivity index (χ4v) is 3.04. The number of amides is 2. The number of benzene rings is 1. The molecule has 2 rings (SSSR count). The zero-order valence-corrected chi connectivity index (χ0v) is 13.4. The van der Waals surface area contributed by atoms with Gasteiger partial charge in [-0.1, -0.05) is 38.2 Å². The van der Waals surface area contributed by atoms with Gasteiger partial charge in [0, 0.05) is 24.2 Å². The van der Waals surface area contributed by atoms with E-state index in [9.17, 15) is 9.59 Å². The van der Waals surface area contributed by atoms with Crippen LogP contribution in [0.1, 0.15) is 62.2 Å². The highest BCUT2D eigenvalue weighted by Gasteiger charge is 2.15.